The van der Waals surface area contributed by atoms with Gasteiger partial charge in [-0.3, -0.25) is 14.9 Å². The highest BCUT2D eigenvalue weighted by Crippen LogP contribution is 2.11. The fourth-order valence-electron chi connectivity index (χ4n) is 1.01. The maximum atomic E-state index is 11.2. The largest absolute Gasteiger partial charge is 0.364 e. The highest BCUT2D eigenvalue weighted by molar-refractivity contribution is 6.00. The fourth-order valence-corrected chi connectivity index (χ4v) is 1.01. The molecule has 0 spiro atoms. The van der Waals surface area contributed by atoms with Crippen LogP contribution in [0.25, 0.3) is 0 Å². The molecular formula is C8H7N3O4. The van der Waals surface area contributed by atoms with Crippen LogP contribution in [-0.4, -0.2) is 22.2 Å². The topological polar surface area (TPSA) is 102 Å². The van der Waals surface area contributed by atoms with Crippen LogP contribution in [0.2, 0.25) is 0 Å². The molecule has 0 saturated heterocycles. The molecular weight excluding hydrogens is 202 g/mol. The number of carbonyl (C=O) groups is 2. The van der Waals surface area contributed by atoms with Crippen LogP contribution >= 0.6 is 0 Å². The van der Waals surface area contributed by atoms with Crippen molar-refractivity contribution in [2.24, 2.45) is 0 Å². The average molecular weight is 209 g/mol. The van der Waals surface area contributed by atoms with Crippen LogP contribution in [0.1, 0.15) is 16.1 Å². The van der Waals surface area contributed by atoms with E-state index in [1.165, 1.54) is 13.0 Å². The van der Waals surface area contributed by atoms with E-state index in [0.717, 1.165) is 6.07 Å². The van der Waals surface area contributed by atoms with E-state index in [9.17, 15) is 19.7 Å². The molecule has 0 atom stereocenters. The van der Waals surface area contributed by atoms with E-state index in [1.807, 2.05) is 5.32 Å². The van der Waals surface area contributed by atoms with Gasteiger partial charge in [-0.25, -0.2) is 0 Å². The third kappa shape index (κ3) is 2.56. The van der Waals surface area contributed by atoms with Gasteiger partial charge in [0.2, 0.25) is 6.41 Å². The lowest BCUT2D eigenvalue weighted by molar-refractivity contribution is -0.389. The number of nitro groups is 1. The molecule has 15 heavy (non-hydrogen) atoms. The summed E-state index contributed by atoms with van der Waals surface area (Å²) in [5.41, 5.74) is 0.363. The van der Waals surface area contributed by atoms with Crippen molar-refractivity contribution in [3.8, 4) is 0 Å². The van der Waals surface area contributed by atoms with E-state index in [0.29, 0.717) is 5.69 Å². The minimum atomic E-state index is -0.704. The lowest BCUT2D eigenvalue weighted by Crippen LogP contribution is -2.21. The first kappa shape index (κ1) is 10.8. The van der Waals surface area contributed by atoms with Gasteiger partial charge in [-0.15, -0.1) is 0 Å². The summed E-state index contributed by atoms with van der Waals surface area (Å²) in [6.07, 6.45) is 0.212. The maximum absolute atomic E-state index is 11.2. The van der Waals surface area contributed by atoms with Crippen molar-refractivity contribution < 1.29 is 14.5 Å². The number of nitrogens with one attached hydrogen (secondary N) is 1. The molecule has 1 N–H and O–H groups in total. The number of pyridine rings is 1. The molecule has 0 aliphatic rings. The molecule has 0 radical (unpaired) electrons. The Balaban J connectivity index is 3.14. The zero-order chi connectivity index (χ0) is 11.4. The van der Waals surface area contributed by atoms with Crippen molar-refractivity contribution >= 4 is 18.1 Å². The highest BCUT2D eigenvalue weighted by Gasteiger charge is 2.14. The van der Waals surface area contributed by atoms with E-state index in [4.69, 9.17) is 0 Å². The molecule has 78 valence electrons. The van der Waals surface area contributed by atoms with Gasteiger partial charge in [0.15, 0.2) is 5.69 Å². The number of hydrogen-bond acceptors (Lipinski definition) is 5. The van der Waals surface area contributed by atoms with Crippen LogP contribution < -0.4 is 5.32 Å². The molecule has 1 aromatic heterocycles. The van der Waals surface area contributed by atoms with Gasteiger partial charge in [0.1, 0.15) is 0 Å². The van der Waals surface area contributed by atoms with Gasteiger partial charge in [0, 0.05) is 13.0 Å². The van der Waals surface area contributed by atoms with Crippen molar-refractivity contribution in [1.29, 1.82) is 0 Å². The van der Waals surface area contributed by atoms with Crippen LogP contribution in [0.15, 0.2) is 12.1 Å². The number of rotatable bonds is 3. The molecule has 0 fully saturated rings. The number of imide groups is 1. The van der Waals surface area contributed by atoms with Crippen LogP contribution in [0.4, 0.5) is 5.82 Å². The first-order chi connectivity index (χ1) is 7.04. The molecule has 2 amide bonds. The Morgan fingerprint density at radius 1 is 1.60 bits per heavy atom. The zero-order valence-electron chi connectivity index (χ0n) is 7.76. The van der Waals surface area contributed by atoms with Crippen LogP contribution in [0.5, 0.6) is 0 Å². The summed E-state index contributed by atoms with van der Waals surface area (Å²) in [4.78, 5) is 34.5. The Morgan fingerprint density at radius 2 is 2.27 bits per heavy atom. The van der Waals surface area contributed by atoms with Gasteiger partial charge in [0.25, 0.3) is 5.91 Å². The quantitative estimate of drug-likeness (QED) is 0.434. The van der Waals surface area contributed by atoms with E-state index in [2.05, 4.69) is 4.98 Å². The van der Waals surface area contributed by atoms with Crippen molar-refractivity contribution in [1.82, 2.24) is 10.3 Å². The first-order valence-corrected chi connectivity index (χ1v) is 3.92. The maximum Gasteiger partial charge on any atom is 0.364 e. The Labute approximate surface area is 84.3 Å². The molecule has 0 aliphatic carbocycles. The van der Waals surface area contributed by atoms with E-state index < -0.39 is 16.6 Å². The molecule has 1 aromatic rings. The van der Waals surface area contributed by atoms with Crippen LogP contribution in [-0.2, 0) is 4.79 Å². The summed E-state index contributed by atoms with van der Waals surface area (Å²) < 4.78 is 0. The van der Waals surface area contributed by atoms with Gasteiger partial charge >= 0.3 is 5.82 Å². The van der Waals surface area contributed by atoms with Crippen molar-refractivity contribution in [2.75, 3.05) is 0 Å². The number of carbonyl (C=O) groups excluding carboxylic acids is 2. The second-order valence-corrected chi connectivity index (χ2v) is 2.70. The van der Waals surface area contributed by atoms with Crippen LogP contribution in [0.3, 0.4) is 0 Å². The molecule has 0 saturated carbocycles. The van der Waals surface area contributed by atoms with E-state index >= 15 is 0 Å². The molecule has 7 nitrogen and oxygen atoms in total. The molecule has 1 heterocycles. The third-order valence-corrected chi connectivity index (χ3v) is 1.58. The average Bonchev–Trinajstić information content (AvgIpc) is 2.17. The summed E-state index contributed by atoms with van der Waals surface area (Å²) >= 11 is 0. The van der Waals surface area contributed by atoms with Crippen molar-refractivity contribution in [3.63, 3.8) is 0 Å². The highest BCUT2D eigenvalue weighted by atomic mass is 16.6. The number of amides is 2. The summed E-state index contributed by atoms with van der Waals surface area (Å²) in [5.74, 6) is -1.12. The monoisotopic (exact) mass is 209 g/mol. The predicted molar refractivity (Wildman–Crippen MR) is 49.2 cm³/mol. The Morgan fingerprint density at radius 3 is 2.80 bits per heavy atom. The fraction of sp³-hybridized carbons (Fsp3) is 0.125. The van der Waals surface area contributed by atoms with Gasteiger partial charge in [-0.2, -0.15) is 0 Å². The lowest BCUT2D eigenvalue weighted by atomic mass is 10.2. The van der Waals surface area contributed by atoms with E-state index in [1.54, 1.807) is 0 Å². The van der Waals surface area contributed by atoms with Gasteiger partial charge in [-0.1, -0.05) is 0 Å². The summed E-state index contributed by atoms with van der Waals surface area (Å²) in [6, 6.07) is 2.36. The van der Waals surface area contributed by atoms with Gasteiger partial charge < -0.3 is 10.1 Å². The second-order valence-electron chi connectivity index (χ2n) is 2.70. The lowest BCUT2D eigenvalue weighted by Gasteiger charge is -1.98. The summed E-state index contributed by atoms with van der Waals surface area (Å²) in [5, 5.41) is 12.3. The number of aromatic nitrogens is 1. The molecule has 0 unspecified atom stereocenters. The minimum absolute atomic E-state index is 0.0290. The third-order valence-electron chi connectivity index (χ3n) is 1.58. The van der Waals surface area contributed by atoms with Gasteiger partial charge in [-0.05, 0) is 16.0 Å². The van der Waals surface area contributed by atoms with Gasteiger partial charge in [0.05, 0.1) is 5.56 Å². The van der Waals surface area contributed by atoms with Crippen molar-refractivity contribution in [3.05, 3.63) is 33.5 Å². The van der Waals surface area contributed by atoms with E-state index in [-0.39, 0.29) is 12.0 Å². The smallest absolute Gasteiger partial charge is 0.358 e. The molecule has 7 heteroatoms. The predicted octanol–water partition coefficient (Wildman–Crippen LogP) is 0.184. The van der Waals surface area contributed by atoms with Crippen molar-refractivity contribution in [2.45, 2.75) is 6.92 Å². The first-order valence-electron chi connectivity index (χ1n) is 3.92. The Hall–Kier alpha value is -2.31. The molecule has 0 aliphatic heterocycles. The normalized spacial score (nSPS) is 9.40. The molecule has 0 aromatic carbocycles. The number of aryl methyl sites for hydroxylation is 1. The number of nitrogens with zero attached hydrogens (tertiary/aromatic N) is 2. The minimum Gasteiger partial charge on any atom is -0.358 e. The number of hydrogen-bond donors (Lipinski definition) is 1. The summed E-state index contributed by atoms with van der Waals surface area (Å²) in [6.45, 7) is 1.52. The molecule has 0 bridgehead atoms. The molecule has 1 rings (SSSR count). The Kier molecular flexibility index (Phi) is 3.06. The summed E-state index contributed by atoms with van der Waals surface area (Å²) in [7, 11) is 0. The van der Waals surface area contributed by atoms with Crippen LogP contribution in [0, 0.1) is 17.0 Å². The standard InChI is InChI=1S/C8H7N3O4/c1-5-2-6(8(13)9-4-12)3-7(10-5)11(14)15/h2-4H,1H3,(H,9,12,13). The zero-order valence-corrected chi connectivity index (χ0v) is 7.76. The Bertz CT molecular complexity index is 430. The SMILES string of the molecule is Cc1cc(C(=O)NC=O)cc([N+](=O)[O-])n1. The second kappa shape index (κ2) is 4.27.